The van der Waals surface area contributed by atoms with E-state index in [0.29, 0.717) is 37.4 Å². The summed E-state index contributed by atoms with van der Waals surface area (Å²) in [5.74, 6) is -0.299. The van der Waals surface area contributed by atoms with Gasteiger partial charge in [-0.25, -0.2) is 0 Å². The summed E-state index contributed by atoms with van der Waals surface area (Å²) in [5.41, 5.74) is 4.25. The fourth-order valence-electron chi connectivity index (χ4n) is 4.60. The predicted molar refractivity (Wildman–Crippen MR) is 128 cm³/mol. The van der Waals surface area contributed by atoms with Crippen LogP contribution in [0.25, 0.3) is 5.57 Å². The van der Waals surface area contributed by atoms with Gasteiger partial charge < -0.3 is 10.0 Å². The van der Waals surface area contributed by atoms with Crippen molar-refractivity contribution in [2.45, 2.75) is 59.3 Å². The first-order valence-corrected chi connectivity index (χ1v) is 12.2. The molecular weight excluding hydrogens is 402 g/mol. The number of amides is 2. The highest BCUT2D eigenvalue weighted by molar-refractivity contribution is 6.35. The number of hydrogen-bond acceptors (Lipinski definition) is 5. The number of carbonyl (C=O) groups is 2. The lowest BCUT2D eigenvalue weighted by Gasteiger charge is -2.36. The molecule has 0 bridgehead atoms. The number of piperazine rings is 1. The number of carbonyl (C=O) groups excluding carboxylic acids is 2. The molecule has 176 valence electrons. The molecule has 0 spiro atoms. The average Bonchev–Trinajstić information content (AvgIpc) is 3.03. The lowest BCUT2D eigenvalue weighted by atomic mass is 9.99. The first-order valence-electron chi connectivity index (χ1n) is 12.2. The van der Waals surface area contributed by atoms with Crippen molar-refractivity contribution < 1.29 is 14.7 Å². The number of β-amino-alcohol motifs (C(OH)–C–C–N with tert-alkyl or cyclic N) is 1. The van der Waals surface area contributed by atoms with Gasteiger partial charge in [-0.3, -0.25) is 19.4 Å². The van der Waals surface area contributed by atoms with E-state index in [1.165, 1.54) is 29.7 Å². The lowest BCUT2D eigenvalue weighted by Crippen LogP contribution is -2.48. The standard InChI is InChI=1S/C26H39N3O3/c1-4-5-6-7-8-9-12-29-25(31)23(22-11-10-20(2)21(3)19-22)24(26(29)32)28-15-13-27(14-16-28)17-18-30/h10-11,19,30H,4-9,12-18H2,1-3H3. The van der Waals surface area contributed by atoms with E-state index in [1.807, 2.05) is 25.1 Å². The van der Waals surface area contributed by atoms with E-state index in [0.717, 1.165) is 43.5 Å². The average molecular weight is 442 g/mol. The van der Waals surface area contributed by atoms with E-state index < -0.39 is 0 Å². The minimum Gasteiger partial charge on any atom is -0.395 e. The zero-order valence-corrected chi connectivity index (χ0v) is 20.0. The van der Waals surface area contributed by atoms with Crippen LogP contribution in [-0.2, 0) is 9.59 Å². The van der Waals surface area contributed by atoms with Crippen LogP contribution in [-0.4, -0.2) is 77.5 Å². The van der Waals surface area contributed by atoms with Crippen LogP contribution in [0.2, 0.25) is 0 Å². The predicted octanol–water partition coefficient (Wildman–Crippen LogP) is 3.35. The van der Waals surface area contributed by atoms with E-state index in [-0.39, 0.29) is 18.4 Å². The van der Waals surface area contributed by atoms with Gasteiger partial charge >= 0.3 is 0 Å². The molecule has 0 atom stereocenters. The molecule has 1 saturated heterocycles. The summed E-state index contributed by atoms with van der Waals surface area (Å²) in [7, 11) is 0. The molecule has 32 heavy (non-hydrogen) atoms. The highest BCUT2D eigenvalue weighted by Gasteiger charge is 2.41. The Balaban J connectivity index is 1.80. The summed E-state index contributed by atoms with van der Waals surface area (Å²) in [4.78, 5) is 32.7. The monoisotopic (exact) mass is 441 g/mol. The highest BCUT2D eigenvalue weighted by Crippen LogP contribution is 2.33. The molecule has 1 aromatic carbocycles. The molecule has 6 nitrogen and oxygen atoms in total. The molecule has 1 N–H and O–H groups in total. The van der Waals surface area contributed by atoms with Crippen molar-refractivity contribution in [3.8, 4) is 0 Å². The normalized spacial score (nSPS) is 17.8. The van der Waals surface area contributed by atoms with Crippen molar-refractivity contribution in [3.63, 3.8) is 0 Å². The Labute approximate surface area is 192 Å². The van der Waals surface area contributed by atoms with Crippen LogP contribution < -0.4 is 0 Å². The number of unbranched alkanes of at least 4 members (excludes halogenated alkanes) is 5. The first kappa shape index (κ1) is 24.5. The van der Waals surface area contributed by atoms with Crippen LogP contribution >= 0.6 is 0 Å². The molecule has 0 unspecified atom stereocenters. The van der Waals surface area contributed by atoms with Crippen molar-refractivity contribution in [1.29, 1.82) is 0 Å². The van der Waals surface area contributed by atoms with Gasteiger partial charge in [0, 0.05) is 39.3 Å². The number of aryl methyl sites for hydroxylation is 2. The van der Waals surface area contributed by atoms with Crippen LogP contribution in [0.4, 0.5) is 0 Å². The van der Waals surface area contributed by atoms with E-state index in [1.54, 1.807) is 0 Å². The van der Waals surface area contributed by atoms with Crippen molar-refractivity contribution in [2.75, 3.05) is 45.9 Å². The third kappa shape index (κ3) is 5.59. The van der Waals surface area contributed by atoms with Gasteiger partial charge in [-0.2, -0.15) is 0 Å². The van der Waals surface area contributed by atoms with Gasteiger partial charge in [-0.05, 0) is 37.0 Å². The number of aliphatic hydroxyl groups excluding tert-OH is 1. The van der Waals surface area contributed by atoms with Gasteiger partial charge in [0.1, 0.15) is 5.70 Å². The molecule has 2 aliphatic heterocycles. The maximum Gasteiger partial charge on any atom is 0.277 e. The Morgan fingerprint density at radius 1 is 0.844 bits per heavy atom. The quantitative estimate of drug-likeness (QED) is 0.421. The molecule has 3 rings (SSSR count). The van der Waals surface area contributed by atoms with Crippen molar-refractivity contribution in [1.82, 2.24) is 14.7 Å². The fraction of sp³-hybridized carbons (Fsp3) is 0.615. The van der Waals surface area contributed by atoms with Gasteiger partial charge in [0.05, 0.1) is 12.2 Å². The summed E-state index contributed by atoms with van der Waals surface area (Å²) >= 11 is 0. The van der Waals surface area contributed by atoms with Crippen LogP contribution in [0.3, 0.4) is 0 Å². The van der Waals surface area contributed by atoms with Crippen LogP contribution in [0.1, 0.15) is 62.1 Å². The number of benzene rings is 1. The van der Waals surface area contributed by atoms with Crippen molar-refractivity contribution >= 4 is 17.4 Å². The Kier molecular flexibility index (Phi) is 8.88. The second-order valence-electron chi connectivity index (χ2n) is 9.10. The van der Waals surface area contributed by atoms with E-state index in [4.69, 9.17) is 0 Å². The summed E-state index contributed by atoms with van der Waals surface area (Å²) in [6.07, 6.45) is 6.73. The summed E-state index contributed by atoms with van der Waals surface area (Å²) in [6.45, 7) is 10.5. The molecule has 1 aromatic rings. The molecule has 6 heteroatoms. The minimum atomic E-state index is -0.153. The molecule has 0 saturated carbocycles. The maximum absolute atomic E-state index is 13.5. The molecule has 2 amide bonds. The number of imide groups is 1. The Bertz CT molecular complexity index is 841. The third-order valence-corrected chi connectivity index (χ3v) is 6.78. The number of rotatable bonds is 11. The number of hydrogen-bond donors (Lipinski definition) is 1. The van der Waals surface area contributed by atoms with Gasteiger partial charge in [0.2, 0.25) is 0 Å². The summed E-state index contributed by atoms with van der Waals surface area (Å²) in [5, 5.41) is 9.23. The Morgan fingerprint density at radius 2 is 1.53 bits per heavy atom. The summed E-state index contributed by atoms with van der Waals surface area (Å²) < 4.78 is 0. The second-order valence-corrected chi connectivity index (χ2v) is 9.10. The van der Waals surface area contributed by atoms with Crippen molar-refractivity contribution in [2.24, 2.45) is 0 Å². The van der Waals surface area contributed by atoms with E-state index >= 15 is 0 Å². The number of aliphatic hydroxyl groups is 1. The Morgan fingerprint density at radius 3 is 2.19 bits per heavy atom. The van der Waals surface area contributed by atoms with Crippen LogP contribution in [0.5, 0.6) is 0 Å². The fourth-order valence-corrected chi connectivity index (χ4v) is 4.60. The zero-order valence-electron chi connectivity index (χ0n) is 20.0. The van der Waals surface area contributed by atoms with Gasteiger partial charge in [-0.1, -0.05) is 57.2 Å². The molecule has 1 fully saturated rings. The van der Waals surface area contributed by atoms with E-state index in [9.17, 15) is 14.7 Å². The summed E-state index contributed by atoms with van der Waals surface area (Å²) in [6, 6.07) is 6.04. The van der Waals surface area contributed by atoms with Crippen molar-refractivity contribution in [3.05, 3.63) is 40.6 Å². The SMILES string of the molecule is CCCCCCCCN1C(=O)C(c2ccc(C)c(C)c2)=C(N2CCN(CCO)CC2)C1=O. The van der Waals surface area contributed by atoms with Crippen LogP contribution in [0, 0.1) is 13.8 Å². The second kappa shape index (κ2) is 11.6. The molecule has 2 aliphatic rings. The number of nitrogens with zero attached hydrogens (tertiary/aromatic N) is 3. The first-order chi connectivity index (χ1) is 15.5. The highest BCUT2D eigenvalue weighted by atomic mass is 16.3. The molecule has 0 radical (unpaired) electrons. The Hall–Kier alpha value is -2.18. The largest absolute Gasteiger partial charge is 0.395 e. The van der Waals surface area contributed by atoms with Gasteiger partial charge in [0.15, 0.2) is 0 Å². The van der Waals surface area contributed by atoms with E-state index in [2.05, 4.69) is 23.6 Å². The topological polar surface area (TPSA) is 64.1 Å². The molecule has 2 heterocycles. The smallest absolute Gasteiger partial charge is 0.277 e. The zero-order chi connectivity index (χ0) is 23.1. The molecule has 0 aliphatic carbocycles. The maximum atomic E-state index is 13.5. The minimum absolute atomic E-state index is 0.139. The lowest BCUT2D eigenvalue weighted by molar-refractivity contribution is -0.137. The third-order valence-electron chi connectivity index (χ3n) is 6.78. The van der Waals surface area contributed by atoms with Gasteiger partial charge in [-0.15, -0.1) is 0 Å². The molecule has 0 aromatic heterocycles. The van der Waals surface area contributed by atoms with Crippen LogP contribution in [0.15, 0.2) is 23.9 Å². The molecular formula is C26H39N3O3. The van der Waals surface area contributed by atoms with Gasteiger partial charge in [0.25, 0.3) is 11.8 Å².